The van der Waals surface area contributed by atoms with Crippen LogP contribution in [-0.4, -0.2) is 29.7 Å². The fourth-order valence-corrected chi connectivity index (χ4v) is 2.23. The van der Waals surface area contributed by atoms with Gasteiger partial charge in [0.1, 0.15) is 5.75 Å². The molecule has 0 aliphatic carbocycles. The molecule has 1 aromatic rings. The van der Waals surface area contributed by atoms with Gasteiger partial charge in [-0.05, 0) is 19.1 Å². The molecule has 8 heteroatoms. The van der Waals surface area contributed by atoms with Gasteiger partial charge >= 0.3 is 11.9 Å². The second kappa shape index (κ2) is 5.55. The van der Waals surface area contributed by atoms with E-state index in [1.165, 1.54) is 20.0 Å². The molecule has 2 aliphatic heterocycles. The number of benzene rings is 1. The molecule has 0 aromatic heterocycles. The topological polar surface area (TPSA) is 103 Å². The van der Waals surface area contributed by atoms with Crippen LogP contribution < -0.4 is 15.4 Å². The van der Waals surface area contributed by atoms with Crippen LogP contribution in [0.5, 0.6) is 5.75 Å². The van der Waals surface area contributed by atoms with E-state index >= 15 is 0 Å². The van der Waals surface area contributed by atoms with Gasteiger partial charge in [0.25, 0.3) is 11.7 Å². The van der Waals surface area contributed by atoms with Crippen molar-refractivity contribution in [2.75, 3.05) is 10.6 Å². The summed E-state index contributed by atoms with van der Waals surface area (Å²) in [6.45, 7) is 4.59. The average Bonchev–Trinajstić information content (AvgIpc) is 2.46. The van der Waals surface area contributed by atoms with E-state index in [0.29, 0.717) is 17.1 Å². The summed E-state index contributed by atoms with van der Waals surface area (Å²) in [5.74, 6) is -2.54. The van der Waals surface area contributed by atoms with Crippen molar-refractivity contribution in [3.63, 3.8) is 0 Å². The van der Waals surface area contributed by atoms with E-state index in [1.54, 1.807) is 25.1 Å². The number of hydrogen-bond donors (Lipinski definition) is 2. The van der Waals surface area contributed by atoms with Crippen molar-refractivity contribution in [1.29, 1.82) is 0 Å². The van der Waals surface area contributed by atoms with E-state index in [9.17, 15) is 14.4 Å². The van der Waals surface area contributed by atoms with E-state index < -0.39 is 23.8 Å². The summed E-state index contributed by atoms with van der Waals surface area (Å²) in [5.41, 5.74) is 0.874. The van der Waals surface area contributed by atoms with E-state index in [4.69, 9.17) is 14.2 Å². The van der Waals surface area contributed by atoms with Crippen LogP contribution in [0.25, 0.3) is 0 Å². The molecule has 3 rings (SSSR count). The van der Waals surface area contributed by atoms with Crippen molar-refractivity contribution in [1.82, 2.24) is 0 Å². The highest BCUT2D eigenvalue weighted by Gasteiger charge is 2.39. The van der Waals surface area contributed by atoms with Gasteiger partial charge in [-0.3, -0.25) is 4.79 Å². The minimum atomic E-state index is -1.28. The lowest BCUT2D eigenvalue weighted by Gasteiger charge is -2.29. The van der Waals surface area contributed by atoms with Gasteiger partial charge in [-0.25, -0.2) is 9.59 Å². The SMILES string of the molecule is CC1Oc2cc(NC=C3C(=O)OC(C)(C)OC3=O)ccc2NC1=O. The molecule has 1 unspecified atom stereocenters. The van der Waals surface area contributed by atoms with E-state index in [0.717, 1.165) is 0 Å². The number of fused-ring (bicyclic) bond motifs is 1. The lowest BCUT2D eigenvalue weighted by atomic mass is 10.2. The largest absolute Gasteiger partial charge is 0.479 e. The number of carbonyl (C=O) groups excluding carboxylic acids is 3. The van der Waals surface area contributed by atoms with Crippen molar-refractivity contribution in [3.05, 3.63) is 30.0 Å². The zero-order valence-electron chi connectivity index (χ0n) is 13.3. The molecule has 0 bridgehead atoms. The van der Waals surface area contributed by atoms with Crippen LogP contribution in [0, 0.1) is 0 Å². The van der Waals surface area contributed by atoms with E-state index in [2.05, 4.69) is 10.6 Å². The Morgan fingerprint density at radius 1 is 1.17 bits per heavy atom. The zero-order valence-corrected chi connectivity index (χ0v) is 13.3. The van der Waals surface area contributed by atoms with Crippen LogP contribution in [-0.2, 0) is 23.9 Å². The molecule has 0 saturated carbocycles. The van der Waals surface area contributed by atoms with Gasteiger partial charge in [-0.2, -0.15) is 0 Å². The molecule has 1 amide bonds. The maximum absolute atomic E-state index is 11.8. The van der Waals surface area contributed by atoms with Crippen LogP contribution in [0.2, 0.25) is 0 Å². The first-order valence-corrected chi connectivity index (χ1v) is 7.30. The second-order valence-electron chi connectivity index (χ2n) is 5.84. The standard InChI is InChI=1S/C16H16N2O6/c1-8-13(19)18-11-5-4-9(6-12(11)22-8)17-7-10-14(20)23-16(2,3)24-15(10)21/h4-8,17H,1-3H3,(H,18,19). The zero-order chi connectivity index (χ0) is 17.5. The van der Waals surface area contributed by atoms with Crippen molar-refractivity contribution >= 4 is 29.2 Å². The highest BCUT2D eigenvalue weighted by atomic mass is 16.7. The smallest absolute Gasteiger partial charge is 0.350 e. The minimum Gasteiger partial charge on any atom is -0.479 e. The normalized spacial score (nSPS) is 21.7. The average molecular weight is 332 g/mol. The molecule has 1 fully saturated rings. The van der Waals surface area contributed by atoms with Gasteiger partial charge < -0.3 is 24.8 Å². The van der Waals surface area contributed by atoms with Crippen molar-refractivity contribution in [2.24, 2.45) is 0 Å². The molecule has 1 atom stereocenters. The molecule has 0 spiro atoms. The summed E-state index contributed by atoms with van der Waals surface area (Å²) in [4.78, 5) is 35.2. The molecule has 1 aromatic carbocycles. The third-order valence-electron chi connectivity index (χ3n) is 3.41. The second-order valence-corrected chi connectivity index (χ2v) is 5.84. The fourth-order valence-electron chi connectivity index (χ4n) is 2.23. The fraction of sp³-hybridized carbons (Fsp3) is 0.312. The van der Waals surface area contributed by atoms with Crippen molar-refractivity contribution in [2.45, 2.75) is 32.7 Å². The first-order chi connectivity index (χ1) is 11.2. The Hall–Kier alpha value is -3.03. The summed E-state index contributed by atoms with van der Waals surface area (Å²) >= 11 is 0. The van der Waals surface area contributed by atoms with Crippen LogP contribution in [0.3, 0.4) is 0 Å². The number of ether oxygens (including phenoxy) is 3. The summed E-state index contributed by atoms with van der Waals surface area (Å²) in [6, 6.07) is 4.96. The Morgan fingerprint density at radius 2 is 1.83 bits per heavy atom. The Kier molecular flexibility index (Phi) is 3.67. The van der Waals surface area contributed by atoms with Crippen LogP contribution >= 0.6 is 0 Å². The number of hydrogen-bond acceptors (Lipinski definition) is 7. The summed E-state index contributed by atoms with van der Waals surface area (Å²) < 4.78 is 15.5. The molecular formula is C16H16N2O6. The number of carbonyl (C=O) groups is 3. The lowest BCUT2D eigenvalue weighted by Crippen LogP contribution is -2.42. The number of amides is 1. The summed E-state index contributed by atoms with van der Waals surface area (Å²) in [5, 5.41) is 5.53. The Bertz CT molecular complexity index is 746. The van der Waals surface area contributed by atoms with Crippen molar-refractivity contribution < 1.29 is 28.6 Å². The predicted octanol–water partition coefficient (Wildman–Crippen LogP) is 1.54. The quantitative estimate of drug-likeness (QED) is 0.481. The van der Waals surface area contributed by atoms with Gasteiger partial charge in [0.05, 0.1) is 5.69 Å². The number of cyclic esters (lactones) is 2. The molecule has 8 nitrogen and oxygen atoms in total. The molecule has 2 heterocycles. The van der Waals surface area contributed by atoms with E-state index in [1.807, 2.05) is 0 Å². The predicted molar refractivity (Wildman–Crippen MR) is 83.1 cm³/mol. The van der Waals surface area contributed by atoms with E-state index in [-0.39, 0.29) is 11.5 Å². The first kappa shape index (κ1) is 15.9. The van der Waals surface area contributed by atoms with Gasteiger partial charge in [0, 0.05) is 31.8 Å². The Labute approximate surface area is 137 Å². The maximum Gasteiger partial charge on any atom is 0.350 e. The van der Waals surface area contributed by atoms with Gasteiger partial charge in [-0.1, -0.05) is 0 Å². The molecule has 126 valence electrons. The lowest BCUT2D eigenvalue weighted by molar-refractivity contribution is -0.222. The van der Waals surface area contributed by atoms with Crippen LogP contribution in [0.1, 0.15) is 20.8 Å². The molecular weight excluding hydrogens is 316 g/mol. The minimum absolute atomic E-state index is 0.222. The van der Waals surface area contributed by atoms with Gasteiger partial charge in [0.2, 0.25) is 0 Å². The van der Waals surface area contributed by atoms with Crippen LogP contribution in [0.15, 0.2) is 30.0 Å². The van der Waals surface area contributed by atoms with Gasteiger partial charge in [0.15, 0.2) is 11.7 Å². The summed E-state index contributed by atoms with van der Waals surface area (Å²) in [6.07, 6.45) is 0.614. The summed E-state index contributed by atoms with van der Waals surface area (Å²) in [7, 11) is 0. The Balaban J connectivity index is 1.78. The van der Waals surface area contributed by atoms with Gasteiger partial charge in [-0.15, -0.1) is 0 Å². The molecule has 0 radical (unpaired) electrons. The Morgan fingerprint density at radius 3 is 2.50 bits per heavy atom. The third kappa shape index (κ3) is 3.03. The number of anilines is 2. The highest BCUT2D eigenvalue weighted by Crippen LogP contribution is 2.32. The molecule has 2 aliphatic rings. The number of nitrogens with one attached hydrogen (secondary N) is 2. The monoisotopic (exact) mass is 332 g/mol. The number of esters is 2. The van der Waals surface area contributed by atoms with Crippen LogP contribution in [0.4, 0.5) is 11.4 Å². The highest BCUT2D eigenvalue weighted by molar-refractivity contribution is 6.15. The third-order valence-corrected chi connectivity index (χ3v) is 3.41. The number of rotatable bonds is 2. The molecule has 1 saturated heterocycles. The molecule has 24 heavy (non-hydrogen) atoms. The maximum atomic E-state index is 11.8. The first-order valence-electron chi connectivity index (χ1n) is 7.30. The molecule has 2 N–H and O–H groups in total. The van der Waals surface area contributed by atoms with Crippen molar-refractivity contribution in [3.8, 4) is 5.75 Å².